The van der Waals surface area contributed by atoms with Gasteiger partial charge in [0.25, 0.3) is 0 Å². The Hall–Kier alpha value is -1.15. The highest BCUT2D eigenvalue weighted by atomic mass is 127. The molecule has 2 N–H and O–H groups in total. The summed E-state index contributed by atoms with van der Waals surface area (Å²) in [5.74, 6) is 0. The zero-order chi connectivity index (χ0) is 12.7. The summed E-state index contributed by atoms with van der Waals surface area (Å²) in [5.41, 5.74) is 8.47. The molecule has 0 aliphatic carbocycles. The minimum absolute atomic E-state index is 0.712. The molecular weight excluding hydrogens is 407 g/mol. The minimum atomic E-state index is 0.712. The van der Waals surface area contributed by atoms with Crippen LogP contribution in [0.5, 0.6) is 0 Å². The van der Waals surface area contributed by atoms with Crippen LogP contribution in [0.2, 0.25) is 0 Å². The van der Waals surface area contributed by atoms with Crippen LogP contribution in [0.3, 0.4) is 0 Å². The van der Waals surface area contributed by atoms with Crippen molar-refractivity contribution in [3.8, 4) is 5.69 Å². The Morgan fingerprint density at radius 2 is 2.11 bits per heavy atom. The molecule has 0 spiro atoms. The molecule has 2 aromatic heterocycles. The van der Waals surface area contributed by atoms with Gasteiger partial charge in [0.05, 0.1) is 21.0 Å². The zero-order valence-corrected chi connectivity index (χ0v) is 12.9. The lowest BCUT2D eigenvalue weighted by atomic mass is 10.1. The van der Waals surface area contributed by atoms with Gasteiger partial charge >= 0.3 is 0 Å². The van der Waals surface area contributed by atoms with Gasteiger partial charge in [0.1, 0.15) is 0 Å². The largest absolute Gasteiger partial charge is 0.398 e. The Labute approximate surface area is 125 Å². The predicted molar refractivity (Wildman–Crippen MR) is 83.7 cm³/mol. The third-order valence-corrected chi connectivity index (χ3v) is 3.62. The number of pyridine rings is 1. The molecule has 90 valence electrons. The van der Waals surface area contributed by atoms with Crippen molar-refractivity contribution < 1.29 is 0 Å². The Kier molecular flexibility index (Phi) is 2.98. The molecule has 18 heavy (non-hydrogen) atoms. The topological polar surface area (TPSA) is 56.7 Å². The van der Waals surface area contributed by atoms with Crippen LogP contribution < -0.4 is 5.73 Å². The summed E-state index contributed by atoms with van der Waals surface area (Å²) in [6, 6.07) is 5.78. The normalized spacial score (nSPS) is 11.0. The van der Waals surface area contributed by atoms with Gasteiger partial charge in [0, 0.05) is 27.9 Å². The molecule has 0 radical (unpaired) electrons. The molecule has 0 aliphatic rings. The average Bonchev–Trinajstić information content (AvgIpc) is 2.77. The van der Waals surface area contributed by atoms with E-state index in [1.165, 1.54) is 0 Å². The van der Waals surface area contributed by atoms with Crippen LogP contribution in [0.1, 0.15) is 0 Å². The van der Waals surface area contributed by atoms with E-state index < -0.39 is 0 Å². The van der Waals surface area contributed by atoms with Crippen LogP contribution in [0.25, 0.3) is 16.6 Å². The number of aromatic nitrogens is 3. The smallest absolute Gasteiger partial charge is 0.0980 e. The van der Waals surface area contributed by atoms with Crippen LogP contribution in [0, 0.1) is 3.57 Å². The van der Waals surface area contributed by atoms with Crippen molar-refractivity contribution in [1.82, 2.24) is 14.8 Å². The highest BCUT2D eigenvalue weighted by Crippen LogP contribution is 2.27. The molecular formula is C12H8BrIN4. The maximum Gasteiger partial charge on any atom is 0.0980 e. The fourth-order valence-electron chi connectivity index (χ4n) is 1.82. The molecule has 0 atom stereocenters. The van der Waals surface area contributed by atoms with Gasteiger partial charge in [0.2, 0.25) is 0 Å². The number of hydrogen-bond acceptors (Lipinski definition) is 3. The maximum atomic E-state index is 5.99. The number of halogens is 2. The van der Waals surface area contributed by atoms with Gasteiger partial charge in [-0.1, -0.05) is 0 Å². The standard InChI is InChI=1S/C12H8BrIN4/c13-7-3-9-10(15)1-2-11(12(9)16-4-7)18-6-8(14)5-17-18/h1-6H,15H2. The van der Waals surface area contributed by atoms with E-state index in [1.54, 1.807) is 6.20 Å². The lowest BCUT2D eigenvalue weighted by Gasteiger charge is -2.08. The summed E-state index contributed by atoms with van der Waals surface area (Å²) in [6.07, 6.45) is 5.52. The van der Waals surface area contributed by atoms with Crippen LogP contribution in [0.4, 0.5) is 5.69 Å². The summed E-state index contributed by atoms with van der Waals surface area (Å²) >= 11 is 5.64. The Bertz CT molecular complexity index is 738. The lowest BCUT2D eigenvalue weighted by Crippen LogP contribution is -1.99. The molecule has 4 nitrogen and oxygen atoms in total. The maximum absolute atomic E-state index is 5.99. The van der Waals surface area contributed by atoms with E-state index >= 15 is 0 Å². The molecule has 0 aliphatic heterocycles. The highest BCUT2D eigenvalue weighted by molar-refractivity contribution is 14.1. The molecule has 0 amide bonds. The molecule has 2 heterocycles. The van der Waals surface area contributed by atoms with Gasteiger partial charge in [-0.2, -0.15) is 5.10 Å². The van der Waals surface area contributed by atoms with Crippen molar-refractivity contribution >= 4 is 55.1 Å². The van der Waals surface area contributed by atoms with Gasteiger partial charge in [-0.3, -0.25) is 4.98 Å². The summed E-state index contributed by atoms with van der Waals surface area (Å²) in [5, 5.41) is 5.23. The van der Waals surface area contributed by atoms with E-state index in [0.717, 1.165) is 24.6 Å². The SMILES string of the molecule is Nc1ccc(-n2cc(I)cn2)c2ncc(Br)cc12. The monoisotopic (exact) mass is 414 g/mol. The number of nitrogen functional groups attached to an aromatic ring is 1. The zero-order valence-electron chi connectivity index (χ0n) is 9.14. The van der Waals surface area contributed by atoms with Gasteiger partial charge in [0.15, 0.2) is 0 Å². The molecule has 0 saturated heterocycles. The number of nitrogens with two attached hydrogens (primary N) is 1. The first-order valence-electron chi connectivity index (χ1n) is 5.19. The fourth-order valence-corrected chi connectivity index (χ4v) is 2.54. The molecule has 3 aromatic rings. The third-order valence-electron chi connectivity index (χ3n) is 2.63. The van der Waals surface area contributed by atoms with Gasteiger partial charge in [-0.15, -0.1) is 0 Å². The van der Waals surface area contributed by atoms with Crippen LogP contribution in [-0.4, -0.2) is 14.8 Å². The molecule has 0 bridgehead atoms. The van der Waals surface area contributed by atoms with Crippen LogP contribution >= 0.6 is 38.5 Å². The van der Waals surface area contributed by atoms with Crippen molar-refractivity contribution in [1.29, 1.82) is 0 Å². The highest BCUT2D eigenvalue weighted by Gasteiger charge is 2.08. The van der Waals surface area contributed by atoms with Gasteiger partial charge < -0.3 is 5.73 Å². The Morgan fingerprint density at radius 3 is 2.83 bits per heavy atom. The average molecular weight is 415 g/mol. The van der Waals surface area contributed by atoms with Gasteiger partial charge in [-0.25, -0.2) is 4.68 Å². The molecule has 0 saturated carbocycles. The number of nitrogens with zero attached hydrogens (tertiary/aromatic N) is 3. The van der Waals surface area contributed by atoms with Crippen LogP contribution in [-0.2, 0) is 0 Å². The fraction of sp³-hybridized carbons (Fsp3) is 0. The summed E-state index contributed by atoms with van der Waals surface area (Å²) in [4.78, 5) is 4.44. The van der Waals surface area contributed by atoms with Crippen LogP contribution in [0.15, 0.2) is 41.3 Å². The first-order valence-corrected chi connectivity index (χ1v) is 7.06. The second-order valence-electron chi connectivity index (χ2n) is 3.83. The van der Waals surface area contributed by atoms with Crippen molar-refractivity contribution in [2.24, 2.45) is 0 Å². The predicted octanol–water partition coefficient (Wildman–Crippen LogP) is 3.37. The summed E-state index contributed by atoms with van der Waals surface area (Å²) in [7, 11) is 0. The number of benzene rings is 1. The molecule has 0 unspecified atom stereocenters. The number of fused-ring (bicyclic) bond motifs is 1. The third kappa shape index (κ3) is 1.99. The second-order valence-corrected chi connectivity index (χ2v) is 5.99. The van der Waals surface area contributed by atoms with Crippen molar-refractivity contribution in [2.75, 3.05) is 5.73 Å². The van der Waals surface area contributed by atoms with E-state index in [9.17, 15) is 0 Å². The molecule has 3 rings (SSSR count). The first-order chi connectivity index (χ1) is 8.65. The summed E-state index contributed by atoms with van der Waals surface area (Å²) < 4.78 is 3.80. The van der Waals surface area contributed by atoms with E-state index in [1.807, 2.05) is 35.3 Å². The number of anilines is 1. The molecule has 0 fully saturated rings. The molecule has 6 heteroatoms. The quantitative estimate of drug-likeness (QED) is 0.490. The van der Waals surface area contributed by atoms with Crippen molar-refractivity contribution in [3.05, 3.63) is 44.8 Å². The van der Waals surface area contributed by atoms with E-state index in [0.29, 0.717) is 5.69 Å². The van der Waals surface area contributed by atoms with Gasteiger partial charge in [-0.05, 0) is 56.7 Å². The summed E-state index contributed by atoms with van der Waals surface area (Å²) in [6.45, 7) is 0. The van der Waals surface area contributed by atoms with E-state index in [-0.39, 0.29) is 0 Å². The Balaban J connectivity index is 2.34. The minimum Gasteiger partial charge on any atom is -0.398 e. The number of hydrogen-bond donors (Lipinski definition) is 1. The molecule has 1 aromatic carbocycles. The van der Waals surface area contributed by atoms with Crippen molar-refractivity contribution in [2.45, 2.75) is 0 Å². The first kappa shape index (κ1) is 11.9. The number of rotatable bonds is 1. The lowest BCUT2D eigenvalue weighted by molar-refractivity contribution is 0.885. The van der Waals surface area contributed by atoms with E-state index in [2.05, 4.69) is 48.6 Å². The van der Waals surface area contributed by atoms with E-state index in [4.69, 9.17) is 5.73 Å². The van der Waals surface area contributed by atoms with Crippen molar-refractivity contribution in [3.63, 3.8) is 0 Å². The second kappa shape index (κ2) is 4.51. The Morgan fingerprint density at radius 1 is 1.28 bits per heavy atom.